The molecule has 160 valence electrons. The molecule has 2 heterocycles. The van der Waals surface area contributed by atoms with Crippen molar-refractivity contribution in [1.29, 1.82) is 0 Å². The normalized spacial score (nSPS) is 14.4. The number of fused-ring (bicyclic) bond motifs is 2. The zero-order valence-corrected chi connectivity index (χ0v) is 23.1. The van der Waals surface area contributed by atoms with Crippen LogP contribution in [0, 0.1) is 0 Å². The van der Waals surface area contributed by atoms with Crippen LogP contribution in [0.2, 0.25) is 0 Å². The molecule has 0 amide bonds. The lowest BCUT2D eigenvalue weighted by molar-refractivity contribution is -0.873. The minimum Gasteiger partial charge on any atom is -1.00 e. The van der Waals surface area contributed by atoms with E-state index in [0.717, 1.165) is 11.0 Å². The molecule has 0 N–H and O–H groups in total. The second-order valence-electron chi connectivity index (χ2n) is 8.46. The average Bonchev–Trinajstić information content (AvgIpc) is 2.98. The molecular formula is C24H29I2N3S. The van der Waals surface area contributed by atoms with Crippen LogP contribution in [0.15, 0.2) is 70.7 Å². The standard InChI is InChI=1S/C24H29N3S.2HI/c1-25-22-12-7-8-13-23(22)28-24(25)18-19-14-16-26(15-9-17-27(2,3)4)21-11-6-5-10-20(19)21;;/h5-8,10-14,16,18H,9,15,17H2,1-4H3;2*1H/q+2;;/p-2. The molecule has 30 heavy (non-hydrogen) atoms. The summed E-state index contributed by atoms with van der Waals surface area (Å²) in [6, 6.07) is 19.6. The highest BCUT2D eigenvalue weighted by Gasteiger charge is 2.22. The van der Waals surface area contributed by atoms with Gasteiger partial charge in [0.05, 0.1) is 50.2 Å². The van der Waals surface area contributed by atoms with E-state index in [1.807, 2.05) is 11.8 Å². The van der Waals surface area contributed by atoms with Crippen molar-refractivity contribution in [3.8, 4) is 0 Å². The van der Waals surface area contributed by atoms with Crippen LogP contribution in [0.1, 0.15) is 12.0 Å². The van der Waals surface area contributed by atoms with E-state index in [0.29, 0.717) is 0 Å². The quantitative estimate of drug-likeness (QED) is 0.195. The fourth-order valence-corrected chi connectivity index (χ4v) is 4.83. The molecule has 1 aliphatic rings. The lowest BCUT2D eigenvalue weighted by Gasteiger charge is -2.23. The van der Waals surface area contributed by atoms with E-state index < -0.39 is 0 Å². The summed E-state index contributed by atoms with van der Waals surface area (Å²) in [5.74, 6) is 0. The average molecular weight is 645 g/mol. The summed E-state index contributed by atoms with van der Waals surface area (Å²) in [6.45, 7) is 2.22. The number of nitrogens with zero attached hydrogens (tertiary/aromatic N) is 3. The number of benzene rings is 2. The van der Waals surface area contributed by atoms with Crippen molar-refractivity contribution in [2.45, 2.75) is 17.9 Å². The Balaban J connectivity index is 0.00000160. The van der Waals surface area contributed by atoms with Gasteiger partial charge < -0.3 is 57.3 Å². The molecule has 0 saturated carbocycles. The Morgan fingerprint density at radius 1 is 0.967 bits per heavy atom. The summed E-state index contributed by atoms with van der Waals surface area (Å²) < 4.78 is 3.40. The van der Waals surface area contributed by atoms with E-state index in [4.69, 9.17) is 0 Å². The Morgan fingerprint density at radius 3 is 2.40 bits per heavy atom. The number of hydrogen-bond acceptors (Lipinski definition) is 2. The second kappa shape index (κ2) is 10.7. The van der Waals surface area contributed by atoms with Crippen LogP contribution in [0.25, 0.3) is 17.0 Å². The molecule has 1 aromatic heterocycles. The molecule has 0 aliphatic carbocycles. The van der Waals surface area contributed by atoms with E-state index >= 15 is 0 Å². The van der Waals surface area contributed by atoms with Crippen LogP contribution in [-0.2, 0) is 6.54 Å². The van der Waals surface area contributed by atoms with Crippen molar-refractivity contribution in [2.75, 3.05) is 39.6 Å². The predicted molar refractivity (Wildman–Crippen MR) is 120 cm³/mol. The third-order valence-electron chi connectivity index (χ3n) is 5.24. The van der Waals surface area contributed by atoms with E-state index in [1.54, 1.807) is 0 Å². The van der Waals surface area contributed by atoms with Gasteiger partial charge in [0.1, 0.15) is 0 Å². The fourth-order valence-electron chi connectivity index (χ4n) is 3.72. The van der Waals surface area contributed by atoms with Crippen molar-refractivity contribution in [2.24, 2.45) is 0 Å². The lowest BCUT2D eigenvalue weighted by Crippen LogP contribution is -3.00. The maximum absolute atomic E-state index is 2.40. The number of quaternary nitrogens is 1. The Morgan fingerprint density at radius 2 is 1.67 bits per heavy atom. The van der Waals surface area contributed by atoms with Crippen LogP contribution < -0.4 is 57.4 Å². The minimum atomic E-state index is 0. The topological polar surface area (TPSA) is 7.12 Å². The van der Waals surface area contributed by atoms with Crippen LogP contribution in [0.3, 0.4) is 0 Å². The predicted octanol–water partition coefficient (Wildman–Crippen LogP) is -1.23. The summed E-state index contributed by atoms with van der Waals surface area (Å²) in [4.78, 5) is 3.61. The molecule has 0 atom stereocenters. The zero-order chi connectivity index (χ0) is 19.7. The first-order valence-electron chi connectivity index (χ1n) is 9.86. The molecule has 4 rings (SSSR count). The van der Waals surface area contributed by atoms with Crippen LogP contribution in [0.5, 0.6) is 0 Å². The van der Waals surface area contributed by atoms with Gasteiger partial charge in [-0.25, -0.2) is 0 Å². The lowest BCUT2D eigenvalue weighted by atomic mass is 10.1. The Hall–Kier alpha value is -0.840. The van der Waals surface area contributed by atoms with Crippen molar-refractivity contribution in [3.05, 3.63) is 71.4 Å². The molecule has 0 fully saturated rings. The van der Waals surface area contributed by atoms with Gasteiger partial charge in [-0.1, -0.05) is 36.0 Å². The monoisotopic (exact) mass is 645 g/mol. The van der Waals surface area contributed by atoms with Crippen molar-refractivity contribution in [1.82, 2.24) is 0 Å². The molecule has 3 aromatic rings. The molecule has 0 bridgehead atoms. The maximum Gasteiger partial charge on any atom is 0.213 e. The van der Waals surface area contributed by atoms with Gasteiger partial charge in [0.25, 0.3) is 0 Å². The number of aryl methyl sites for hydroxylation is 1. The van der Waals surface area contributed by atoms with Gasteiger partial charge in [-0.3, -0.25) is 0 Å². The Kier molecular flexibility index (Phi) is 9.03. The number of thioether (sulfide) groups is 1. The van der Waals surface area contributed by atoms with Gasteiger partial charge >= 0.3 is 0 Å². The summed E-state index contributed by atoms with van der Waals surface area (Å²) in [6.07, 6.45) is 5.74. The SMILES string of the molecule is CN1/C(=C\c2cc[n+](CCC[N+](C)(C)C)c3ccccc23)Sc2ccccc21.[I-].[I-]. The van der Waals surface area contributed by atoms with Crippen molar-refractivity contribution < 1.29 is 57.0 Å². The van der Waals surface area contributed by atoms with Crippen LogP contribution in [-0.4, -0.2) is 39.2 Å². The molecule has 2 aromatic carbocycles. The largest absolute Gasteiger partial charge is 1.00 e. The number of aromatic nitrogens is 1. The van der Waals surface area contributed by atoms with Gasteiger partial charge in [0, 0.05) is 24.1 Å². The zero-order valence-electron chi connectivity index (χ0n) is 18.0. The molecule has 0 radical (unpaired) electrons. The number of rotatable bonds is 5. The Labute approximate surface area is 218 Å². The van der Waals surface area contributed by atoms with E-state index in [2.05, 4.69) is 105 Å². The summed E-state index contributed by atoms with van der Waals surface area (Å²) in [5.41, 5.74) is 3.87. The number of hydrogen-bond donors (Lipinski definition) is 0. The van der Waals surface area contributed by atoms with E-state index in [1.165, 1.54) is 45.0 Å². The highest BCUT2D eigenvalue weighted by molar-refractivity contribution is 8.03. The summed E-state index contributed by atoms with van der Waals surface area (Å²) in [7, 11) is 8.92. The molecule has 3 nitrogen and oxygen atoms in total. The molecule has 6 heteroatoms. The highest BCUT2D eigenvalue weighted by Crippen LogP contribution is 2.45. The first kappa shape index (κ1) is 25.4. The highest BCUT2D eigenvalue weighted by atomic mass is 127. The van der Waals surface area contributed by atoms with Crippen molar-refractivity contribution in [3.63, 3.8) is 0 Å². The molecule has 1 aliphatic heterocycles. The number of halogens is 2. The number of para-hydroxylation sites is 2. The first-order valence-corrected chi connectivity index (χ1v) is 10.7. The van der Waals surface area contributed by atoms with Gasteiger partial charge in [-0.15, -0.1) is 0 Å². The summed E-state index contributed by atoms with van der Waals surface area (Å²) >= 11 is 1.85. The van der Waals surface area contributed by atoms with E-state index in [9.17, 15) is 0 Å². The van der Waals surface area contributed by atoms with E-state index in [-0.39, 0.29) is 48.0 Å². The fraction of sp³-hybridized carbons (Fsp3) is 0.292. The third kappa shape index (κ3) is 5.69. The smallest absolute Gasteiger partial charge is 0.213 e. The maximum atomic E-state index is 2.40. The van der Waals surface area contributed by atoms with Gasteiger partial charge in [0.15, 0.2) is 12.7 Å². The third-order valence-corrected chi connectivity index (χ3v) is 6.40. The number of pyridine rings is 1. The summed E-state index contributed by atoms with van der Waals surface area (Å²) in [5, 5.41) is 2.59. The molecular weight excluding hydrogens is 616 g/mol. The Bertz CT molecular complexity index is 1040. The van der Waals surface area contributed by atoms with Gasteiger partial charge in [0.2, 0.25) is 5.52 Å². The van der Waals surface area contributed by atoms with Crippen molar-refractivity contribution >= 4 is 34.4 Å². The molecule has 0 saturated heterocycles. The first-order chi connectivity index (χ1) is 13.4. The molecule has 0 unspecified atom stereocenters. The van der Waals surface area contributed by atoms with Crippen LogP contribution >= 0.6 is 11.8 Å². The minimum absolute atomic E-state index is 0. The van der Waals surface area contributed by atoms with Gasteiger partial charge in [-0.05, 0) is 29.8 Å². The second-order valence-corrected chi connectivity index (χ2v) is 9.52. The number of anilines is 1. The van der Waals surface area contributed by atoms with Gasteiger partial charge in [-0.2, -0.15) is 4.57 Å². The molecule has 0 spiro atoms. The van der Waals surface area contributed by atoms with Crippen LogP contribution in [0.4, 0.5) is 5.69 Å².